The Balaban J connectivity index is 0.000000383. The van der Waals surface area contributed by atoms with Gasteiger partial charge in [-0.3, -0.25) is 9.78 Å². The molecule has 0 spiro atoms. The zero-order valence-corrected chi connectivity index (χ0v) is 25.5. The Morgan fingerprint density at radius 2 is 1.46 bits per heavy atom. The van der Waals surface area contributed by atoms with Crippen molar-refractivity contribution in [2.45, 2.75) is 76.2 Å². The van der Waals surface area contributed by atoms with E-state index in [1.807, 2.05) is 41.5 Å². The molecule has 0 atom stereocenters. The number of carbonyl (C=O) groups is 1. The maximum Gasteiger partial charge on any atom is 0.164 e. The predicted molar refractivity (Wildman–Crippen MR) is 144 cm³/mol. The molecule has 4 heteroatoms. The van der Waals surface area contributed by atoms with Crippen LogP contribution in [-0.2, 0) is 24.9 Å². The standard InChI is InChI=1S/C20H20N.C11H20O2.Ir/c1-12-8-15(4)17-6-7-19(21-20(17)9-12)18-11-14(3)13(2)10-16(18)5;1-10(2,3)8(12)7-9(13)11(4,5)6;/h6-10H,1-5H3;7,12H,1-6H3;/q-1;;/b;8-7-;. The van der Waals surface area contributed by atoms with E-state index in [-0.39, 0.29) is 37.1 Å². The summed E-state index contributed by atoms with van der Waals surface area (Å²) in [4.78, 5) is 16.4. The molecule has 1 radical (unpaired) electrons. The van der Waals surface area contributed by atoms with Crippen molar-refractivity contribution in [3.8, 4) is 11.3 Å². The molecular weight excluding hydrogens is 611 g/mol. The van der Waals surface area contributed by atoms with Gasteiger partial charge in [-0.15, -0.1) is 34.4 Å². The maximum absolute atomic E-state index is 11.5. The van der Waals surface area contributed by atoms with Crippen LogP contribution >= 0.6 is 0 Å². The van der Waals surface area contributed by atoms with E-state index in [1.54, 1.807) is 0 Å². The monoisotopic (exact) mass is 651 g/mol. The Hall–Kier alpha value is -2.29. The molecule has 0 fully saturated rings. The predicted octanol–water partition coefficient (Wildman–Crippen LogP) is 8.33. The molecule has 191 valence electrons. The number of aromatic nitrogens is 1. The van der Waals surface area contributed by atoms with Gasteiger partial charge in [-0.2, -0.15) is 0 Å². The topological polar surface area (TPSA) is 50.2 Å². The van der Waals surface area contributed by atoms with Crippen LogP contribution in [-0.4, -0.2) is 15.9 Å². The SMILES string of the molecule is CC(C)(C)C(=O)/C=C(\O)C(C)(C)C.Cc1cc(C)c2ccc(-c3[c-]c(C)c(C)cc3C)nc2c1.[Ir]. The van der Waals surface area contributed by atoms with E-state index in [0.717, 1.165) is 16.8 Å². The van der Waals surface area contributed by atoms with Gasteiger partial charge >= 0.3 is 0 Å². The molecule has 1 N–H and O–H groups in total. The van der Waals surface area contributed by atoms with Crippen LogP contribution in [0.2, 0.25) is 0 Å². The number of hydrogen-bond acceptors (Lipinski definition) is 3. The van der Waals surface area contributed by atoms with Crippen LogP contribution < -0.4 is 0 Å². The summed E-state index contributed by atoms with van der Waals surface area (Å²) in [6.45, 7) is 21.7. The molecule has 3 rings (SSSR count). The second-order valence-corrected chi connectivity index (χ2v) is 11.4. The molecule has 0 saturated heterocycles. The number of hydrogen-bond donors (Lipinski definition) is 1. The third-order valence-corrected chi connectivity index (χ3v) is 5.92. The average Bonchev–Trinajstić information content (AvgIpc) is 2.69. The summed E-state index contributed by atoms with van der Waals surface area (Å²) in [5.74, 6) is 0.104. The number of carbonyl (C=O) groups excluding carboxylic acids is 1. The number of fused-ring (bicyclic) bond motifs is 1. The second-order valence-electron chi connectivity index (χ2n) is 11.4. The number of allylic oxidation sites excluding steroid dienone is 2. The van der Waals surface area contributed by atoms with Gasteiger partial charge in [0.05, 0.1) is 5.52 Å². The number of pyridine rings is 1. The molecule has 3 aromatic rings. The number of aryl methyl sites for hydroxylation is 5. The van der Waals surface area contributed by atoms with Crippen molar-refractivity contribution in [1.29, 1.82) is 0 Å². The molecule has 3 nitrogen and oxygen atoms in total. The maximum atomic E-state index is 11.5. The Bertz CT molecular complexity index is 1240. The fraction of sp³-hybridized carbons (Fsp3) is 0.419. The van der Waals surface area contributed by atoms with E-state index < -0.39 is 5.41 Å². The van der Waals surface area contributed by atoms with Crippen LogP contribution in [0.3, 0.4) is 0 Å². The quantitative estimate of drug-likeness (QED) is 0.172. The molecule has 35 heavy (non-hydrogen) atoms. The number of aliphatic hydroxyl groups excluding tert-OH is 1. The first-order chi connectivity index (χ1) is 15.5. The van der Waals surface area contributed by atoms with Crippen LogP contribution in [0.1, 0.15) is 69.4 Å². The van der Waals surface area contributed by atoms with Crippen molar-refractivity contribution >= 4 is 16.7 Å². The number of rotatable bonds is 2. The molecule has 0 saturated carbocycles. The van der Waals surface area contributed by atoms with E-state index in [0.29, 0.717) is 0 Å². The van der Waals surface area contributed by atoms with Gasteiger partial charge in [-0.25, -0.2) is 0 Å². The van der Waals surface area contributed by atoms with Crippen LogP contribution in [0.15, 0.2) is 42.2 Å². The molecule has 1 heterocycles. The molecule has 0 aliphatic heterocycles. The first-order valence-corrected chi connectivity index (χ1v) is 11.8. The Morgan fingerprint density at radius 3 is 2.00 bits per heavy atom. The fourth-order valence-corrected chi connectivity index (χ4v) is 3.45. The van der Waals surface area contributed by atoms with Gasteiger partial charge in [-0.1, -0.05) is 80.5 Å². The van der Waals surface area contributed by atoms with Gasteiger partial charge in [0.15, 0.2) is 5.78 Å². The van der Waals surface area contributed by atoms with Gasteiger partial charge in [0, 0.05) is 42.4 Å². The normalized spacial score (nSPS) is 12.0. The first kappa shape index (κ1) is 30.7. The number of nitrogens with zero attached hydrogens (tertiary/aromatic N) is 1. The van der Waals surface area contributed by atoms with E-state index in [1.165, 1.54) is 39.3 Å². The van der Waals surface area contributed by atoms with Gasteiger partial charge in [0.2, 0.25) is 0 Å². The van der Waals surface area contributed by atoms with E-state index >= 15 is 0 Å². The van der Waals surface area contributed by atoms with Gasteiger partial charge in [0.1, 0.15) is 5.76 Å². The average molecular weight is 651 g/mol. The summed E-state index contributed by atoms with van der Waals surface area (Å²) >= 11 is 0. The van der Waals surface area contributed by atoms with Crippen LogP contribution in [0.25, 0.3) is 22.2 Å². The van der Waals surface area contributed by atoms with Crippen LogP contribution in [0, 0.1) is 51.5 Å². The summed E-state index contributed by atoms with van der Waals surface area (Å²) in [6.07, 6.45) is 1.33. The Kier molecular flexibility index (Phi) is 10.2. The zero-order chi connectivity index (χ0) is 26.0. The largest absolute Gasteiger partial charge is 0.512 e. The van der Waals surface area contributed by atoms with Gasteiger partial charge < -0.3 is 5.11 Å². The van der Waals surface area contributed by atoms with Crippen molar-refractivity contribution in [2.75, 3.05) is 0 Å². The van der Waals surface area contributed by atoms with Gasteiger partial charge in [-0.05, 0) is 36.7 Å². The van der Waals surface area contributed by atoms with Crippen molar-refractivity contribution in [1.82, 2.24) is 4.98 Å². The summed E-state index contributed by atoms with van der Waals surface area (Å²) in [5.41, 5.74) is 8.66. The van der Waals surface area contributed by atoms with Crippen LogP contribution in [0.4, 0.5) is 0 Å². The minimum atomic E-state index is -0.417. The van der Waals surface area contributed by atoms with Crippen LogP contribution in [0.5, 0.6) is 0 Å². The zero-order valence-electron chi connectivity index (χ0n) is 23.1. The Labute approximate surface area is 225 Å². The third-order valence-electron chi connectivity index (χ3n) is 5.92. The molecule has 2 aromatic carbocycles. The third kappa shape index (κ3) is 8.12. The molecule has 0 unspecified atom stereocenters. The fourth-order valence-electron chi connectivity index (χ4n) is 3.45. The van der Waals surface area contributed by atoms with Crippen molar-refractivity contribution in [2.24, 2.45) is 10.8 Å². The second kappa shape index (κ2) is 11.6. The molecule has 0 aliphatic rings. The molecular formula is C31H40IrNO2-. The molecule has 0 amide bonds. The van der Waals surface area contributed by atoms with Crippen molar-refractivity contribution in [3.05, 3.63) is 76.1 Å². The number of ketones is 1. The van der Waals surface area contributed by atoms with E-state index in [9.17, 15) is 9.90 Å². The van der Waals surface area contributed by atoms with Crippen molar-refractivity contribution in [3.63, 3.8) is 0 Å². The summed E-state index contributed by atoms with van der Waals surface area (Å²) in [5, 5.41) is 10.8. The van der Waals surface area contributed by atoms with E-state index in [2.05, 4.69) is 71.0 Å². The summed E-state index contributed by atoms with van der Waals surface area (Å²) in [6, 6.07) is 14.4. The van der Waals surface area contributed by atoms with Gasteiger partial charge in [0.25, 0.3) is 0 Å². The molecule has 0 aliphatic carbocycles. The first-order valence-electron chi connectivity index (χ1n) is 11.8. The summed E-state index contributed by atoms with van der Waals surface area (Å²) in [7, 11) is 0. The molecule has 1 aromatic heterocycles. The smallest absolute Gasteiger partial charge is 0.164 e. The number of aliphatic hydroxyl groups is 1. The Morgan fingerprint density at radius 1 is 0.857 bits per heavy atom. The number of benzene rings is 2. The molecule has 0 bridgehead atoms. The van der Waals surface area contributed by atoms with Crippen molar-refractivity contribution < 1.29 is 30.0 Å². The van der Waals surface area contributed by atoms with E-state index in [4.69, 9.17) is 4.98 Å². The minimum Gasteiger partial charge on any atom is -0.512 e. The summed E-state index contributed by atoms with van der Waals surface area (Å²) < 4.78 is 0. The minimum absolute atomic E-state index is 0.